The molecule has 0 spiro atoms. The van der Waals surface area contributed by atoms with E-state index in [-0.39, 0.29) is 28.1 Å². The molecule has 10 heteroatoms. The van der Waals surface area contributed by atoms with Crippen molar-refractivity contribution in [1.82, 2.24) is 0 Å². The molecule has 1 aliphatic rings. The molecular formula is C25H19Cl2N3O5. The molecule has 1 aliphatic heterocycles. The van der Waals surface area contributed by atoms with Gasteiger partial charge in [-0.2, -0.15) is 0 Å². The van der Waals surface area contributed by atoms with Crippen LogP contribution in [0.2, 0.25) is 5.02 Å². The number of benzene rings is 3. The number of anilines is 3. The summed E-state index contributed by atoms with van der Waals surface area (Å²) in [6.07, 6.45) is 0. The monoisotopic (exact) mass is 511 g/mol. The van der Waals surface area contributed by atoms with Crippen LogP contribution in [-0.2, 0) is 9.59 Å². The van der Waals surface area contributed by atoms with E-state index >= 15 is 0 Å². The summed E-state index contributed by atoms with van der Waals surface area (Å²) in [5.74, 6) is -0.930. The number of para-hydroxylation sites is 1. The van der Waals surface area contributed by atoms with Gasteiger partial charge >= 0.3 is 0 Å². The standard InChI is InChI=1S/C25H19Cl2N3O5/c1-34-16-11-12-19(20(13-16)35-2)30-24(32)21(27)22(25(30)33)28-15-9-7-14(8-10-15)23(31)29-18-6-4-3-5-17(18)26/h3-13,28H,1-2H3,(H,29,31). The molecule has 4 rings (SSSR count). The van der Waals surface area contributed by atoms with E-state index in [1.807, 2.05) is 0 Å². The molecule has 0 saturated carbocycles. The number of imide groups is 1. The van der Waals surface area contributed by atoms with Crippen molar-refractivity contribution < 1.29 is 23.9 Å². The van der Waals surface area contributed by atoms with Crippen molar-refractivity contribution in [2.24, 2.45) is 0 Å². The Kier molecular flexibility index (Phi) is 6.95. The van der Waals surface area contributed by atoms with E-state index in [9.17, 15) is 14.4 Å². The third kappa shape index (κ3) is 4.80. The number of halogens is 2. The summed E-state index contributed by atoms with van der Waals surface area (Å²) >= 11 is 12.3. The van der Waals surface area contributed by atoms with E-state index < -0.39 is 11.8 Å². The molecule has 178 valence electrons. The van der Waals surface area contributed by atoms with Gasteiger partial charge in [0.1, 0.15) is 22.2 Å². The Hall–Kier alpha value is -4.01. The molecule has 2 N–H and O–H groups in total. The van der Waals surface area contributed by atoms with Gasteiger partial charge in [0.2, 0.25) is 0 Å². The summed E-state index contributed by atoms with van der Waals surface area (Å²) in [7, 11) is 2.91. The van der Waals surface area contributed by atoms with Crippen molar-refractivity contribution in [3.05, 3.63) is 88.0 Å². The minimum Gasteiger partial charge on any atom is -0.497 e. The molecule has 3 amide bonds. The second kappa shape index (κ2) is 10.1. The van der Waals surface area contributed by atoms with Gasteiger partial charge in [-0.05, 0) is 48.5 Å². The van der Waals surface area contributed by atoms with Crippen molar-refractivity contribution in [2.75, 3.05) is 29.8 Å². The molecule has 3 aromatic carbocycles. The summed E-state index contributed by atoms with van der Waals surface area (Å²) in [5, 5.41) is 5.76. The average molecular weight is 512 g/mol. The Bertz CT molecular complexity index is 1360. The summed E-state index contributed by atoms with van der Waals surface area (Å²) in [6, 6.07) is 17.9. The Morgan fingerprint density at radius 3 is 2.26 bits per heavy atom. The zero-order chi connectivity index (χ0) is 25.1. The molecule has 0 saturated heterocycles. The van der Waals surface area contributed by atoms with Gasteiger partial charge in [0.25, 0.3) is 17.7 Å². The summed E-state index contributed by atoms with van der Waals surface area (Å²) < 4.78 is 10.5. The number of carbonyl (C=O) groups is 3. The van der Waals surface area contributed by atoms with Crippen LogP contribution in [0.4, 0.5) is 17.1 Å². The molecule has 0 atom stereocenters. The number of hydrogen-bond donors (Lipinski definition) is 2. The molecule has 8 nitrogen and oxygen atoms in total. The number of rotatable bonds is 7. The van der Waals surface area contributed by atoms with Crippen molar-refractivity contribution >= 4 is 58.0 Å². The number of ether oxygens (including phenoxy) is 2. The quantitative estimate of drug-likeness (QED) is 0.431. The second-order valence-corrected chi connectivity index (χ2v) is 8.09. The Morgan fingerprint density at radius 1 is 0.886 bits per heavy atom. The lowest BCUT2D eigenvalue weighted by Crippen LogP contribution is -2.32. The third-order valence-corrected chi connectivity index (χ3v) is 5.87. The first-order valence-corrected chi connectivity index (χ1v) is 11.0. The number of amides is 3. The van der Waals surface area contributed by atoms with E-state index in [4.69, 9.17) is 32.7 Å². The first-order chi connectivity index (χ1) is 16.8. The maximum atomic E-state index is 13.1. The molecule has 0 aromatic heterocycles. The molecule has 0 bridgehead atoms. The van der Waals surface area contributed by atoms with E-state index in [1.54, 1.807) is 60.7 Å². The van der Waals surface area contributed by atoms with Crippen molar-refractivity contribution in [3.63, 3.8) is 0 Å². The minimum atomic E-state index is -0.696. The van der Waals surface area contributed by atoms with Crippen LogP contribution in [0.3, 0.4) is 0 Å². The van der Waals surface area contributed by atoms with Gasteiger partial charge in [-0.15, -0.1) is 0 Å². The summed E-state index contributed by atoms with van der Waals surface area (Å²) in [5.41, 5.74) is 1.45. The van der Waals surface area contributed by atoms with Gasteiger partial charge < -0.3 is 20.1 Å². The number of hydrogen-bond acceptors (Lipinski definition) is 6. The predicted molar refractivity (Wildman–Crippen MR) is 134 cm³/mol. The molecule has 0 aliphatic carbocycles. The molecule has 1 heterocycles. The largest absolute Gasteiger partial charge is 0.497 e. The lowest BCUT2D eigenvalue weighted by atomic mass is 10.2. The van der Waals surface area contributed by atoms with Gasteiger partial charge in [-0.3, -0.25) is 14.4 Å². The van der Waals surface area contributed by atoms with E-state index in [0.717, 1.165) is 4.90 Å². The topological polar surface area (TPSA) is 97.0 Å². The van der Waals surface area contributed by atoms with Crippen LogP contribution in [-0.4, -0.2) is 31.9 Å². The fourth-order valence-corrected chi connectivity index (χ4v) is 3.80. The van der Waals surface area contributed by atoms with Gasteiger partial charge in [0.05, 0.1) is 30.6 Å². The van der Waals surface area contributed by atoms with Crippen LogP contribution in [0.1, 0.15) is 10.4 Å². The zero-order valence-electron chi connectivity index (χ0n) is 18.6. The highest BCUT2D eigenvalue weighted by molar-refractivity contribution is 6.53. The SMILES string of the molecule is COc1ccc(N2C(=O)C(Cl)=C(Nc3ccc(C(=O)Nc4ccccc4Cl)cc3)C2=O)c(OC)c1. The van der Waals surface area contributed by atoms with Crippen molar-refractivity contribution in [2.45, 2.75) is 0 Å². The van der Waals surface area contributed by atoms with Crippen LogP contribution in [0.25, 0.3) is 0 Å². The molecular weight excluding hydrogens is 493 g/mol. The van der Waals surface area contributed by atoms with Gasteiger partial charge in [0.15, 0.2) is 0 Å². The highest BCUT2D eigenvalue weighted by atomic mass is 35.5. The average Bonchev–Trinajstić information content (AvgIpc) is 3.08. The predicted octanol–water partition coefficient (Wildman–Crippen LogP) is 5.05. The van der Waals surface area contributed by atoms with Gasteiger partial charge in [0, 0.05) is 17.3 Å². The first-order valence-electron chi connectivity index (χ1n) is 10.3. The molecule has 0 radical (unpaired) electrons. The maximum Gasteiger partial charge on any atom is 0.283 e. The normalized spacial score (nSPS) is 13.2. The van der Waals surface area contributed by atoms with Crippen LogP contribution >= 0.6 is 23.2 Å². The highest BCUT2D eigenvalue weighted by Crippen LogP contribution is 2.37. The Balaban J connectivity index is 1.51. The number of nitrogens with zero attached hydrogens (tertiary/aromatic N) is 1. The van der Waals surface area contributed by atoms with Crippen molar-refractivity contribution in [1.29, 1.82) is 0 Å². The lowest BCUT2D eigenvalue weighted by molar-refractivity contribution is -0.120. The Labute approximate surface area is 211 Å². The fraction of sp³-hybridized carbons (Fsp3) is 0.0800. The summed E-state index contributed by atoms with van der Waals surface area (Å²) in [4.78, 5) is 39.4. The number of methoxy groups -OCH3 is 2. The van der Waals surface area contributed by atoms with Gasteiger partial charge in [-0.25, -0.2) is 4.90 Å². The van der Waals surface area contributed by atoms with Crippen molar-refractivity contribution in [3.8, 4) is 11.5 Å². The molecule has 35 heavy (non-hydrogen) atoms. The summed E-state index contributed by atoms with van der Waals surface area (Å²) in [6.45, 7) is 0. The highest BCUT2D eigenvalue weighted by Gasteiger charge is 2.40. The van der Waals surface area contributed by atoms with Crippen LogP contribution in [0.15, 0.2) is 77.5 Å². The molecule has 0 fully saturated rings. The van der Waals surface area contributed by atoms with E-state index in [1.165, 1.54) is 20.3 Å². The zero-order valence-corrected chi connectivity index (χ0v) is 20.1. The molecule has 0 unspecified atom stereocenters. The van der Waals surface area contributed by atoms with E-state index in [0.29, 0.717) is 27.7 Å². The fourth-order valence-electron chi connectivity index (χ4n) is 3.41. The van der Waals surface area contributed by atoms with Crippen LogP contribution in [0.5, 0.6) is 11.5 Å². The number of nitrogens with one attached hydrogen (secondary N) is 2. The number of carbonyl (C=O) groups excluding carboxylic acids is 3. The third-order valence-electron chi connectivity index (χ3n) is 5.19. The maximum absolute atomic E-state index is 13.1. The second-order valence-electron chi connectivity index (χ2n) is 7.31. The minimum absolute atomic E-state index is 0.0946. The molecule has 3 aromatic rings. The van der Waals surface area contributed by atoms with Crippen LogP contribution < -0.4 is 25.0 Å². The Morgan fingerprint density at radius 2 is 1.60 bits per heavy atom. The smallest absolute Gasteiger partial charge is 0.283 e. The van der Waals surface area contributed by atoms with E-state index in [2.05, 4.69) is 10.6 Å². The lowest BCUT2D eigenvalue weighted by Gasteiger charge is -2.18. The van der Waals surface area contributed by atoms with Crippen LogP contribution in [0, 0.1) is 0 Å². The first kappa shape index (κ1) is 24.1. The van der Waals surface area contributed by atoms with Gasteiger partial charge in [-0.1, -0.05) is 35.3 Å².